The van der Waals surface area contributed by atoms with Crippen LogP contribution in [0.2, 0.25) is 0 Å². The first-order valence-electron chi connectivity index (χ1n) is 24.8. The van der Waals surface area contributed by atoms with Crippen molar-refractivity contribution in [2.45, 2.75) is 159 Å². The van der Waals surface area contributed by atoms with E-state index in [9.17, 15) is 9.90 Å². The van der Waals surface area contributed by atoms with Gasteiger partial charge in [-0.2, -0.15) is 0 Å². The van der Waals surface area contributed by atoms with E-state index in [1.54, 1.807) is 7.11 Å². The van der Waals surface area contributed by atoms with E-state index >= 15 is 14.4 Å². The molecule has 3 saturated carbocycles. The lowest BCUT2D eigenvalue weighted by molar-refractivity contribution is -0.191. The minimum atomic E-state index is -1.45. The molecule has 0 radical (unpaired) electrons. The number of amides is 3. The number of allylic oxidation sites excluding steroid dienone is 1. The van der Waals surface area contributed by atoms with Crippen LogP contribution in [0.25, 0.3) is 0 Å². The van der Waals surface area contributed by atoms with Crippen molar-refractivity contribution in [2.24, 2.45) is 29.1 Å². The molecule has 9 rings (SSSR count). The highest BCUT2D eigenvalue weighted by Gasteiger charge is 2.77. The van der Waals surface area contributed by atoms with Gasteiger partial charge in [0.2, 0.25) is 11.8 Å². The number of aliphatic hydroxyl groups is 1. The molecule has 0 aromatic heterocycles. The molecule has 9 aliphatic rings. The molecule has 5 heterocycles. The van der Waals surface area contributed by atoms with Crippen molar-refractivity contribution in [1.29, 1.82) is 0 Å². The molecule has 0 aromatic carbocycles. The number of imide groups is 1. The number of rotatable bonds is 11. The molecule has 0 aromatic rings. The number of nitrogens with zero attached hydrogens (tertiary/aromatic N) is 4. The van der Waals surface area contributed by atoms with Crippen LogP contribution < -0.4 is 10.6 Å². The van der Waals surface area contributed by atoms with E-state index < -0.39 is 29.5 Å². The number of fused-ring (bicyclic) bond motifs is 2. The van der Waals surface area contributed by atoms with Gasteiger partial charge in [0, 0.05) is 45.0 Å². The second-order valence-electron chi connectivity index (χ2n) is 19.9. The van der Waals surface area contributed by atoms with Crippen molar-refractivity contribution < 1.29 is 43.2 Å². The summed E-state index contributed by atoms with van der Waals surface area (Å²) in [4.78, 5) is 70.3. The Morgan fingerprint density at radius 1 is 0.774 bits per heavy atom. The Labute approximate surface area is 368 Å². The minimum absolute atomic E-state index is 0.00124. The highest BCUT2D eigenvalue weighted by atomic mass is 16.6. The van der Waals surface area contributed by atoms with Crippen LogP contribution in [-0.2, 0) is 33.3 Å². The van der Waals surface area contributed by atoms with Gasteiger partial charge in [-0.05, 0) is 120 Å². The van der Waals surface area contributed by atoms with Crippen molar-refractivity contribution in [3.05, 3.63) is 11.3 Å². The monoisotopic (exact) mass is 867 g/mol. The number of carbonyl (C=O) groups is 4. The van der Waals surface area contributed by atoms with Gasteiger partial charge in [-0.25, -0.2) is 9.69 Å². The second kappa shape index (κ2) is 19.8. The van der Waals surface area contributed by atoms with E-state index in [0.717, 1.165) is 115 Å². The van der Waals surface area contributed by atoms with Crippen molar-refractivity contribution >= 4 is 23.9 Å². The molecule has 3 amide bonds. The van der Waals surface area contributed by atoms with Gasteiger partial charge in [0.15, 0.2) is 0 Å². The highest BCUT2D eigenvalue weighted by molar-refractivity contribution is 6.07. The summed E-state index contributed by atoms with van der Waals surface area (Å²) in [5.41, 5.74) is 0.113. The number of cyclic esters (lactones) is 1. The third-order valence-corrected chi connectivity index (χ3v) is 16.7. The smallest absolute Gasteiger partial charge is 0.421 e. The highest BCUT2D eigenvalue weighted by Crippen LogP contribution is 2.65. The van der Waals surface area contributed by atoms with Crippen LogP contribution in [0.15, 0.2) is 11.3 Å². The molecule has 62 heavy (non-hydrogen) atoms. The average Bonchev–Trinajstić information content (AvgIpc) is 3.78. The SMILES string of the molecule is COCCOC(=O)N1C(=O)[C@@]2(C3=C1CCCC3)[C@H](C1CCC(OCCO)CC1)N1[C@H](C3CCCCC3)[C@H](C3CCCCC3)OC(=O)[C@H]1[C@@H]2C(=O)N1CCN(C2NCCCN2)CC1. The molecule has 15 nitrogen and oxygen atoms in total. The van der Waals surface area contributed by atoms with Gasteiger partial charge in [0.1, 0.15) is 30.5 Å². The molecule has 4 saturated heterocycles. The van der Waals surface area contributed by atoms with Gasteiger partial charge in [0.05, 0.1) is 37.9 Å². The van der Waals surface area contributed by atoms with Crippen LogP contribution in [0.4, 0.5) is 4.79 Å². The number of methoxy groups -OCH3 is 1. The maximum Gasteiger partial charge on any atom is 0.421 e. The van der Waals surface area contributed by atoms with Gasteiger partial charge in [-0.3, -0.25) is 34.8 Å². The Morgan fingerprint density at radius 2 is 1.45 bits per heavy atom. The summed E-state index contributed by atoms with van der Waals surface area (Å²) >= 11 is 0. The third kappa shape index (κ3) is 8.16. The minimum Gasteiger partial charge on any atom is -0.459 e. The summed E-state index contributed by atoms with van der Waals surface area (Å²) in [6.45, 7) is 4.58. The molecule has 346 valence electrons. The van der Waals surface area contributed by atoms with E-state index in [0.29, 0.717) is 44.7 Å². The number of carbonyl (C=O) groups excluding carboxylic acids is 4. The number of nitrogens with one attached hydrogen (secondary N) is 2. The van der Waals surface area contributed by atoms with Crippen LogP contribution in [0, 0.1) is 29.1 Å². The van der Waals surface area contributed by atoms with E-state index in [1.165, 1.54) is 17.7 Å². The van der Waals surface area contributed by atoms with Crippen LogP contribution in [-0.4, -0.2) is 158 Å². The van der Waals surface area contributed by atoms with Crippen molar-refractivity contribution in [2.75, 3.05) is 72.8 Å². The first-order chi connectivity index (χ1) is 30.4. The van der Waals surface area contributed by atoms with Gasteiger partial charge in [-0.1, -0.05) is 38.5 Å². The Bertz CT molecular complexity index is 1630. The molecule has 0 bridgehead atoms. The molecule has 3 N–H and O–H groups in total. The summed E-state index contributed by atoms with van der Waals surface area (Å²) in [5, 5.41) is 16.8. The van der Waals surface area contributed by atoms with E-state index in [-0.39, 0.29) is 86.5 Å². The number of hydrogen-bond donors (Lipinski definition) is 3. The lowest BCUT2D eigenvalue weighted by atomic mass is 9.60. The zero-order valence-corrected chi connectivity index (χ0v) is 37.3. The summed E-state index contributed by atoms with van der Waals surface area (Å²) in [6.07, 6.45) is 16.7. The molecular formula is C47H74N6O9. The van der Waals surface area contributed by atoms with E-state index in [1.807, 2.05) is 4.90 Å². The normalized spacial score (nSPS) is 35.9. The number of esters is 1. The molecular weight excluding hydrogens is 793 g/mol. The number of aliphatic hydroxyl groups excluding tert-OH is 1. The van der Waals surface area contributed by atoms with Crippen molar-refractivity contribution in [3.63, 3.8) is 0 Å². The third-order valence-electron chi connectivity index (χ3n) is 16.7. The molecule has 1 spiro atoms. The topological polar surface area (TPSA) is 162 Å². The lowest BCUT2D eigenvalue weighted by Gasteiger charge is -2.53. The predicted octanol–water partition coefficient (Wildman–Crippen LogP) is 4.13. The van der Waals surface area contributed by atoms with Gasteiger partial charge in [0.25, 0.3) is 0 Å². The van der Waals surface area contributed by atoms with Crippen molar-refractivity contribution in [1.82, 2.24) is 30.2 Å². The Morgan fingerprint density at radius 3 is 2.13 bits per heavy atom. The zero-order valence-electron chi connectivity index (χ0n) is 37.3. The molecule has 15 heteroatoms. The molecule has 5 aliphatic heterocycles. The Kier molecular flexibility index (Phi) is 14.2. The van der Waals surface area contributed by atoms with Crippen LogP contribution >= 0.6 is 0 Å². The average molecular weight is 867 g/mol. The zero-order chi connectivity index (χ0) is 42.8. The van der Waals surface area contributed by atoms with Gasteiger partial charge in [-0.15, -0.1) is 0 Å². The van der Waals surface area contributed by atoms with Crippen LogP contribution in [0.3, 0.4) is 0 Å². The summed E-state index contributed by atoms with van der Waals surface area (Å²) < 4.78 is 24.1. The fourth-order valence-electron chi connectivity index (χ4n) is 14.1. The number of ether oxygens (including phenoxy) is 4. The summed E-state index contributed by atoms with van der Waals surface area (Å²) in [7, 11) is 1.55. The first kappa shape index (κ1) is 44.5. The predicted molar refractivity (Wildman–Crippen MR) is 229 cm³/mol. The Balaban J connectivity index is 1.19. The standard InChI is InChI=1S/C47H74N6O9/c1-59-29-30-61-46(58)52-36-16-9-8-15-35(36)47(44(52)57)37(42(55)50-23-25-51(26-24-50)45-48-21-10-22-49-45)39-43(56)62-40(32-13-6-3-7-14-32)38(31-11-4-2-5-12-31)53(39)41(47)33-17-19-34(20-18-33)60-28-27-54/h31-34,37-41,45,48-49,54H,2-30H2,1H3/t33?,34?,37-,38-,39-,40+,41+,47-/m1/s1. The van der Waals surface area contributed by atoms with Crippen molar-refractivity contribution in [3.8, 4) is 0 Å². The molecule has 4 aliphatic carbocycles. The molecule has 7 fully saturated rings. The van der Waals surface area contributed by atoms with E-state index in [2.05, 4.69) is 20.4 Å². The van der Waals surface area contributed by atoms with Crippen LogP contribution in [0.1, 0.15) is 122 Å². The number of morpholine rings is 1. The number of piperazine rings is 1. The molecule has 0 unspecified atom stereocenters. The Hall–Kier alpha value is -2.66. The maximum atomic E-state index is 16.3. The van der Waals surface area contributed by atoms with E-state index in [4.69, 9.17) is 18.9 Å². The maximum absolute atomic E-state index is 16.3. The quantitative estimate of drug-likeness (QED) is 0.201. The lowest BCUT2D eigenvalue weighted by Crippen LogP contribution is -2.66. The first-order valence-corrected chi connectivity index (χ1v) is 24.8. The van der Waals surface area contributed by atoms with Gasteiger partial charge < -0.3 is 29.0 Å². The molecule has 6 atom stereocenters. The fourth-order valence-corrected chi connectivity index (χ4v) is 14.1. The van der Waals surface area contributed by atoms with Gasteiger partial charge >= 0.3 is 12.1 Å². The van der Waals surface area contributed by atoms with Crippen LogP contribution in [0.5, 0.6) is 0 Å². The number of hydrogen-bond acceptors (Lipinski definition) is 13. The largest absolute Gasteiger partial charge is 0.459 e. The second-order valence-corrected chi connectivity index (χ2v) is 19.9. The fraction of sp³-hybridized carbons (Fsp3) is 0.872. The summed E-state index contributed by atoms with van der Waals surface area (Å²) in [5.74, 6) is -1.53. The summed E-state index contributed by atoms with van der Waals surface area (Å²) in [6, 6.07) is -1.57.